The van der Waals surface area contributed by atoms with Crippen molar-refractivity contribution in [3.63, 3.8) is 0 Å². The van der Waals surface area contributed by atoms with Crippen molar-refractivity contribution in [3.8, 4) is 0 Å². The Bertz CT molecular complexity index is 730. The average Bonchev–Trinajstić information content (AvgIpc) is 2.77. The fourth-order valence-corrected chi connectivity index (χ4v) is 3.86. The minimum absolute atomic E-state index is 0.0458. The summed E-state index contributed by atoms with van der Waals surface area (Å²) < 4.78 is 12.6. The van der Waals surface area contributed by atoms with Gasteiger partial charge in [-0.3, -0.25) is 0 Å². The van der Waals surface area contributed by atoms with Crippen LogP contribution in [0.25, 0.3) is 0 Å². The number of hydrogen-bond acceptors (Lipinski definition) is 3. The van der Waals surface area contributed by atoms with E-state index in [-0.39, 0.29) is 5.92 Å². The van der Waals surface area contributed by atoms with E-state index in [9.17, 15) is 5.11 Å². The molecule has 0 unspecified atom stereocenters. The molecule has 0 aliphatic heterocycles. The third-order valence-electron chi connectivity index (χ3n) is 4.85. The topological polar surface area (TPSA) is 38.7 Å². The monoisotopic (exact) mass is 520 g/mol. The zero-order valence-corrected chi connectivity index (χ0v) is 19.7. The van der Waals surface area contributed by atoms with Crippen LogP contribution in [0, 0.1) is 5.92 Å². The molecule has 3 nitrogen and oxygen atoms in total. The average molecular weight is 520 g/mol. The van der Waals surface area contributed by atoms with Crippen molar-refractivity contribution >= 4 is 22.6 Å². The Kier molecular flexibility index (Phi) is 12.7. The molecule has 0 radical (unpaired) electrons. The lowest BCUT2D eigenvalue weighted by Crippen LogP contribution is -2.17. The number of aliphatic hydroxyl groups is 1. The Morgan fingerprint density at radius 3 is 1.97 bits per heavy atom. The third kappa shape index (κ3) is 10.5. The minimum atomic E-state index is -0.506. The van der Waals surface area contributed by atoms with Gasteiger partial charge in [0.1, 0.15) is 0 Å². The van der Waals surface area contributed by atoms with Gasteiger partial charge in [0.2, 0.25) is 0 Å². The van der Waals surface area contributed by atoms with Gasteiger partial charge in [-0.05, 0) is 69.1 Å². The lowest BCUT2D eigenvalue weighted by molar-refractivity contribution is 0.106. The number of aliphatic hydroxyl groups excluding tert-OH is 1. The number of rotatable bonds is 15. The van der Waals surface area contributed by atoms with Crippen LogP contribution in [-0.4, -0.2) is 24.4 Å². The fraction of sp³-hybridized carbons (Fsp3) is 0.385. The number of benzene rings is 2. The normalized spacial score (nSPS) is 13.7. The lowest BCUT2D eigenvalue weighted by atomic mass is 9.96. The first-order chi connectivity index (χ1) is 14.7. The van der Waals surface area contributed by atoms with Gasteiger partial charge in [0.25, 0.3) is 0 Å². The molecule has 2 aromatic carbocycles. The van der Waals surface area contributed by atoms with Crippen LogP contribution in [0.4, 0.5) is 0 Å². The summed E-state index contributed by atoms with van der Waals surface area (Å²) >= 11 is 2.31. The number of allylic oxidation sites excluding steroid dienone is 1. The molecule has 0 heterocycles. The van der Waals surface area contributed by atoms with Crippen molar-refractivity contribution in [2.45, 2.75) is 45.0 Å². The highest BCUT2D eigenvalue weighted by Crippen LogP contribution is 2.21. The van der Waals surface area contributed by atoms with Crippen LogP contribution in [0.5, 0.6) is 0 Å². The zero-order valence-electron chi connectivity index (χ0n) is 17.6. The maximum absolute atomic E-state index is 10.5. The van der Waals surface area contributed by atoms with Gasteiger partial charge >= 0.3 is 0 Å². The molecule has 30 heavy (non-hydrogen) atoms. The van der Waals surface area contributed by atoms with Crippen molar-refractivity contribution in [1.82, 2.24) is 0 Å². The molecule has 0 aromatic heterocycles. The Morgan fingerprint density at radius 2 is 1.43 bits per heavy atom. The largest absolute Gasteiger partial charge is 0.388 e. The van der Waals surface area contributed by atoms with Gasteiger partial charge < -0.3 is 14.6 Å². The summed E-state index contributed by atoms with van der Waals surface area (Å²) in [4.78, 5) is 0. The lowest BCUT2D eigenvalue weighted by Gasteiger charge is -2.17. The zero-order chi connectivity index (χ0) is 21.4. The van der Waals surface area contributed by atoms with Crippen LogP contribution in [0.3, 0.4) is 0 Å². The van der Waals surface area contributed by atoms with Crippen LogP contribution in [-0.2, 0) is 22.7 Å². The molecule has 2 aromatic rings. The highest BCUT2D eigenvalue weighted by molar-refractivity contribution is 14.1. The van der Waals surface area contributed by atoms with Gasteiger partial charge in [0.05, 0.1) is 19.3 Å². The van der Waals surface area contributed by atoms with Gasteiger partial charge in [-0.1, -0.05) is 66.7 Å². The summed E-state index contributed by atoms with van der Waals surface area (Å²) in [5.74, 6) is 0.0458. The van der Waals surface area contributed by atoms with E-state index in [1.807, 2.05) is 48.6 Å². The summed E-state index contributed by atoms with van der Waals surface area (Å²) in [6.07, 6.45) is 6.92. The molecule has 0 amide bonds. The van der Waals surface area contributed by atoms with Gasteiger partial charge in [0.15, 0.2) is 0 Å². The van der Waals surface area contributed by atoms with Gasteiger partial charge in [-0.15, -0.1) is 6.58 Å². The molecule has 2 rings (SSSR count). The quantitative estimate of drug-likeness (QED) is 0.166. The van der Waals surface area contributed by atoms with Crippen LogP contribution in [0.2, 0.25) is 0 Å². The van der Waals surface area contributed by atoms with E-state index in [1.54, 1.807) is 0 Å². The van der Waals surface area contributed by atoms with Crippen molar-refractivity contribution in [3.05, 3.63) is 94.1 Å². The summed E-state index contributed by atoms with van der Waals surface area (Å²) in [5.41, 5.74) is 2.38. The van der Waals surface area contributed by atoms with Crippen LogP contribution < -0.4 is 0 Å². The molecule has 2 atom stereocenters. The second kappa shape index (κ2) is 15.3. The molecule has 0 fully saturated rings. The predicted molar refractivity (Wildman–Crippen MR) is 132 cm³/mol. The molecule has 1 N–H and O–H groups in total. The number of ether oxygens (including phenoxy) is 2. The second-order valence-corrected chi connectivity index (χ2v) is 8.71. The molecule has 162 valence electrons. The fourth-order valence-electron chi connectivity index (χ4n) is 3.11. The Balaban J connectivity index is 1.59. The van der Waals surface area contributed by atoms with Crippen molar-refractivity contribution in [2.24, 2.45) is 5.92 Å². The van der Waals surface area contributed by atoms with Gasteiger partial charge in [-0.2, -0.15) is 0 Å². The molecule has 0 saturated heterocycles. The van der Waals surface area contributed by atoms with Crippen LogP contribution >= 0.6 is 22.6 Å². The minimum Gasteiger partial charge on any atom is -0.388 e. The summed E-state index contributed by atoms with van der Waals surface area (Å²) in [6.45, 7) is 6.58. The molecule has 0 spiro atoms. The smallest absolute Gasteiger partial charge is 0.0793 e. The number of hydrogen-bond donors (Lipinski definition) is 1. The molecular weight excluding hydrogens is 487 g/mol. The van der Waals surface area contributed by atoms with Crippen molar-refractivity contribution in [1.29, 1.82) is 0 Å². The highest BCUT2D eigenvalue weighted by atomic mass is 127. The van der Waals surface area contributed by atoms with E-state index >= 15 is 0 Å². The molecular formula is C26H33IO3. The first-order valence-electron chi connectivity index (χ1n) is 10.6. The second-order valence-electron chi connectivity index (χ2n) is 7.33. The van der Waals surface area contributed by atoms with Crippen LogP contribution in [0.1, 0.15) is 36.8 Å². The molecule has 0 aliphatic rings. The summed E-state index contributed by atoms with van der Waals surface area (Å²) in [6, 6.07) is 20.4. The Labute approximate surface area is 195 Å². The standard InChI is InChI=1S/C26H33IO3/c1-2-24(15-9-17-29-20-22-11-5-3-6-12-22)26(28)19-25(27)16-10-18-30-21-23-13-7-4-8-14-23/h2-8,11-14,19,24,26,28H,1,9-10,15-18,20-21H2/b25-19-/t24-,26+/m0/s1. The van der Waals surface area contributed by atoms with E-state index in [4.69, 9.17) is 9.47 Å². The van der Waals surface area contributed by atoms with E-state index in [0.717, 1.165) is 35.9 Å². The molecule has 0 bridgehead atoms. The van der Waals surface area contributed by atoms with E-state index < -0.39 is 6.10 Å². The summed E-state index contributed by atoms with van der Waals surface area (Å²) in [7, 11) is 0. The Hall–Kier alpha value is -1.47. The maximum atomic E-state index is 10.5. The van der Waals surface area contributed by atoms with Gasteiger partial charge in [0, 0.05) is 19.1 Å². The SMILES string of the molecule is C=C[C@@H](CCCOCc1ccccc1)[C@H](O)/C=C(\I)CCCOCc1ccccc1. The summed E-state index contributed by atoms with van der Waals surface area (Å²) in [5, 5.41) is 10.5. The van der Waals surface area contributed by atoms with Crippen molar-refractivity contribution < 1.29 is 14.6 Å². The van der Waals surface area contributed by atoms with E-state index in [2.05, 4.69) is 53.4 Å². The van der Waals surface area contributed by atoms with E-state index in [0.29, 0.717) is 19.8 Å². The number of halogens is 1. The van der Waals surface area contributed by atoms with E-state index in [1.165, 1.54) is 11.1 Å². The highest BCUT2D eigenvalue weighted by Gasteiger charge is 2.14. The first kappa shape index (κ1) is 24.8. The third-order valence-corrected chi connectivity index (χ3v) is 5.75. The first-order valence-corrected chi connectivity index (χ1v) is 11.7. The molecule has 4 heteroatoms. The predicted octanol–water partition coefficient (Wildman–Crippen LogP) is 6.46. The molecule has 0 saturated carbocycles. The van der Waals surface area contributed by atoms with Crippen molar-refractivity contribution in [2.75, 3.05) is 13.2 Å². The Morgan fingerprint density at radius 1 is 0.900 bits per heavy atom. The molecule has 0 aliphatic carbocycles. The maximum Gasteiger partial charge on any atom is 0.0793 e. The van der Waals surface area contributed by atoms with Crippen LogP contribution in [0.15, 0.2) is 83.0 Å². The van der Waals surface area contributed by atoms with Gasteiger partial charge in [-0.25, -0.2) is 0 Å².